The van der Waals surface area contributed by atoms with Crippen molar-refractivity contribution in [1.82, 2.24) is 25.1 Å². The number of nitrogens with zero attached hydrogens (tertiary/aromatic N) is 5. The van der Waals surface area contributed by atoms with Gasteiger partial charge in [0.05, 0.1) is 17.1 Å². The third kappa shape index (κ3) is 3.32. The van der Waals surface area contributed by atoms with E-state index in [9.17, 15) is 8.42 Å². The minimum atomic E-state index is -3.20. The quantitative estimate of drug-likeness (QED) is 0.826. The Balaban J connectivity index is 1.51. The zero-order chi connectivity index (χ0) is 17.5. The molecule has 1 aliphatic carbocycles. The molecule has 1 aromatic heterocycles. The van der Waals surface area contributed by atoms with Crippen LogP contribution in [-0.4, -0.2) is 52.9 Å². The van der Waals surface area contributed by atoms with Crippen LogP contribution in [0.5, 0.6) is 0 Å². The summed E-state index contributed by atoms with van der Waals surface area (Å²) in [5.41, 5.74) is 1.30. The highest BCUT2D eigenvalue weighted by molar-refractivity contribution is 7.90. The highest BCUT2D eigenvalue weighted by Crippen LogP contribution is 2.45. The fourth-order valence-electron chi connectivity index (χ4n) is 4.24. The van der Waals surface area contributed by atoms with Gasteiger partial charge in [0.1, 0.15) is 0 Å². The smallest absolute Gasteiger partial charge is 0.175 e. The molecule has 0 amide bonds. The molecule has 1 saturated heterocycles. The van der Waals surface area contributed by atoms with Crippen LogP contribution in [0.25, 0.3) is 5.69 Å². The molecule has 2 fully saturated rings. The van der Waals surface area contributed by atoms with E-state index in [-0.39, 0.29) is 0 Å². The van der Waals surface area contributed by atoms with Gasteiger partial charge in [-0.1, -0.05) is 12.8 Å². The van der Waals surface area contributed by atoms with Crippen LogP contribution >= 0.6 is 0 Å². The van der Waals surface area contributed by atoms with E-state index in [4.69, 9.17) is 0 Å². The molecule has 0 radical (unpaired) electrons. The van der Waals surface area contributed by atoms with Crippen molar-refractivity contribution < 1.29 is 8.42 Å². The average Bonchev–Trinajstić information content (AvgIpc) is 3.30. The van der Waals surface area contributed by atoms with Crippen LogP contribution < -0.4 is 0 Å². The molecule has 1 spiro atoms. The Morgan fingerprint density at radius 3 is 2.52 bits per heavy atom. The standard InChI is InChI=1S/C17H23N5O2S/c1-25(23,24)15-6-4-14(5-7-15)22-16(18-19-20-22)12-21-11-10-17(13-21)8-2-3-9-17/h4-7H,2-3,8-13H2,1H3. The number of sulfone groups is 1. The van der Waals surface area contributed by atoms with E-state index in [1.54, 1.807) is 28.9 Å². The van der Waals surface area contributed by atoms with E-state index in [1.165, 1.54) is 38.4 Å². The molecule has 1 saturated carbocycles. The van der Waals surface area contributed by atoms with Gasteiger partial charge in [-0.05, 0) is 65.9 Å². The van der Waals surface area contributed by atoms with E-state index in [1.807, 2.05) is 0 Å². The van der Waals surface area contributed by atoms with Crippen molar-refractivity contribution in [3.8, 4) is 5.69 Å². The third-order valence-corrected chi connectivity index (χ3v) is 6.72. The van der Waals surface area contributed by atoms with Gasteiger partial charge >= 0.3 is 0 Å². The minimum Gasteiger partial charge on any atom is -0.295 e. The Kier molecular flexibility index (Phi) is 4.11. The van der Waals surface area contributed by atoms with E-state index in [2.05, 4.69) is 20.4 Å². The number of hydrogen-bond acceptors (Lipinski definition) is 6. The molecule has 7 nitrogen and oxygen atoms in total. The first-order valence-electron chi connectivity index (χ1n) is 8.75. The predicted octanol–water partition coefficient (Wildman–Crippen LogP) is 1.83. The summed E-state index contributed by atoms with van der Waals surface area (Å²) >= 11 is 0. The molecule has 0 bridgehead atoms. The summed E-state index contributed by atoms with van der Waals surface area (Å²) in [7, 11) is -3.20. The molecule has 2 aliphatic rings. The Morgan fingerprint density at radius 1 is 1.12 bits per heavy atom. The summed E-state index contributed by atoms with van der Waals surface area (Å²) in [6, 6.07) is 6.69. The number of likely N-dealkylation sites (tertiary alicyclic amines) is 1. The lowest BCUT2D eigenvalue weighted by molar-refractivity contribution is 0.250. The third-order valence-electron chi connectivity index (χ3n) is 5.59. The van der Waals surface area contributed by atoms with Crippen molar-refractivity contribution in [2.75, 3.05) is 19.3 Å². The highest BCUT2D eigenvalue weighted by Gasteiger charge is 2.40. The lowest BCUT2D eigenvalue weighted by Crippen LogP contribution is -2.26. The normalized spacial score (nSPS) is 20.5. The molecule has 2 heterocycles. The molecule has 1 aliphatic heterocycles. The molecule has 1 aromatic carbocycles. The molecule has 0 unspecified atom stereocenters. The van der Waals surface area contributed by atoms with Crippen LogP contribution in [0.4, 0.5) is 0 Å². The largest absolute Gasteiger partial charge is 0.295 e. The van der Waals surface area contributed by atoms with Crippen molar-refractivity contribution >= 4 is 9.84 Å². The first kappa shape index (κ1) is 16.7. The Bertz CT molecular complexity index is 853. The van der Waals surface area contributed by atoms with Crippen molar-refractivity contribution in [3.63, 3.8) is 0 Å². The van der Waals surface area contributed by atoms with E-state index >= 15 is 0 Å². The van der Waals surface area contributed by atoms with Crippen molar-refractivity contribution in [1.29, 1.82) is 0 Å². The average molecular weight is 361 g/mol. The summed E-state index contributed by atoms with van der Waals surface area (Å²) < 4.78 is 24.9. The molecule has 2 aromatic rings. The molecule has 25 heavy (non-hydrogen) atoms. The van der Waals surface area contributed by atoms with Gasteiger partial charge in [-0.25, -0.2) is 8.42 Å². The van der Waals surface area contributed by atoms with Crippen molar-refractivity contribution in [2.24, 2.45) is 5.41 Å². The lowest BCUT2D eigenvalue weighted by Gasteiger charge is -2.23. The van der Waals surface area contributed by atoms with Crippen LogP contribution in [-0.2, 0) is 16.4 Å². The maximum absolute atomic E-state index is 11.6. The number of rotatable bonds is 4. The van der Waals surface area contributed by atoms with Crippen molar-refractivity contribution in [3.05, 3.63) is 30.1 Å². The van der Waals surface area contributed by atoms with E-state index in [0.29, 0.717) is 10.3 Å². The SMILES string of the molecule is CS(=O)(=O)c1ccc(-n2nnnc2CN2CCC3(CCCC3)C2)cc1. The molecule has 0 atom stereocenters. The molecule has 8 heteroatoms. The van der Waals surface area contributed by atoms with Crippen LogP contribution in [0.1, 0.15) is 37.9 Å². The van der Waals surface area contributed by atoms with Gasteiger partial charge in [0.2, 0.25) is 0 Å². The van der Waals surface area contributed by atoms with Gasteiger partial charge in [0, 0.05) is 12.8 Å². The molecular weight excluding hydrogens is 338 g/mol. The number of tetrazole rings is 1. The zero-order valence-electron chi connectivity index (χ0n) is 14.4. The van der Waals surface area contributed by atoms with Crippen LogP contribution in [0.3, 0.4) is 0 Å². The summed E-state index contributed by atoms with van der Waals surface area (Å²) in [5.74, 6) is 0.794. The zero-order valence-corrected chi connectivity index (χ0v) is 15.2. The maximum atomic E-state index is 11.6. The van der Waals surface area contributed by atoms with Gasteiger partial charge in [-0.2, -0.15) is 4.68 Å². The maximum Gasteiger partial charge on any atom is 0.175 e. The Morgan fingerprint density at radius 2 is 1.84 bits per heavy atom. The summed E-state index contributed by atoms with van der Waals surface area (Å²) in [4.78, 5) is 2.74. The van der Waals surface area contributed by atoms with E-state index in [0.717, 1.165) is 31.1 Å². The fourth-order valence-corrected chi connectivity index (χ4v) is 4.87. The number of hydrogen-bond donors (Lipinski definition) is 0. The van der Waals surface area contributed by atoms with Gasteiger partial charge in [0.25, 0.3) is 0 Å². The molecule has 134 valence electrons. The minimum absolute atomic E-state index is 0.300. The van der Waals surface area contributed by atoms with Crippen LogP contribution in [0.15, 0.2) is 29.2 Å². The van der Waals surface area contributed by atoms with Crippen molar-refractivity contribution in [2.45, 2.75) is 43.5 Å². The second-order valence-corrected chi connectivity index (χ2v) is 9.46. The molecular formula is C17H23N5O2S. The van der Waals surface area contributed by atoms with Gasteiger partial charge in [-0.3, -0.25) is 4.90 Å². The predicted molar refractivity (Wildman–Crippen MR) is 93.1 cm³/mol. The van der Waals surface area contributed by atoms with Gasteiger partial charge < -0.3 is 0 Å². The lowest BCUT2D eigenvalue weighted by atomic mass is 9.86. The van der Waals surface area contributed by atoms with Crippen LogP contribution in [0, 0.1) is 5.41 Å². The first-order valence-corrected chi connectivity index (χ1v) is 10.6. The molecule has 4 rings (SSSR count). The molecule has 0 N–H and O–H groups in total. The first-order chi connectivity index (χ1) is 12.0. The summed E-state index contributed by atoms with van der Waals surface area (Å²) in [5, 5.41) is 12.1. The highest BCUT2D eigenvalue weighted by atomic mass is 32.2. The van der Waals surface area contributed by atoms with Gasteiger partial charge in [-0.15, -0.1) is 5.10 Å². The number of aromatic nitrogens is 4. The Hall–Kier alpha value is -1.80. The summed E-state index contributed by atoms with van der Waals surface area (Å²) in [6.07, 6.45) is 7.90. The fraction of sp³-hybridized carbons (Fsp3) is 0.588. The monoisotopic (exact) mass is 361 g/mol. The van der Waals surface area contributed by atoms with E-state index < -0.39 is 9.84 Å². The summed E-state index contributed by atoms with van der Waals surface area (Å²) in [6.45, 7) is 2.95. The second kappa shape index (κ2) is 6.17. The van der Waals surface area contributed by atoms with Gasteiger partial charge in [0.15, 0.2) is 15.7 Å². The van der Waals surface area contributed by atoms with Crippen LogP contribution in [0.2, 0.25) is 0 Å². The number of benzene rings is 1. The Labute approximate surface area is 147 Å². The topological polar surface area (TPSA) is 81.0 Å². The second-order valence-electron chi connectivity index (χ2n) is 7.44.